The van der Waals surface area contributed by atoms with Crippen molar-refractivity contribution in [3.63, 3.8) is 0 Å². The molecule has 4 aromatic carbocycles. The molecule has 4 aromatic rings. The molecule has 0 heterocycles. The monoisotopic (exact) mass is 530 g/mol. The summed E-state index contributed by atoms with van der Waals surface area (Å²) in [6.07, 6.45) is 0. The average molecular weight is 530 g/mol. The van der Waals surface area contributed by atoms with Crippen LogP contribution in [0.25, 0.3) is 21.5 Å². The first-order chi connectivity index (χ1) is 11.7. The van der Waals surface area contributed by atoms with Crippen molar-refractivity contribution in [2.24, 2.45) is 0 Å². The number of benzene rings is 4. The quantitative estimate of drug-likeness (QED) is 0.178. The molecule has 0 aromatic heterocycles. The lowest BCUT2D eigenvalue weighted by Crippen LogP contribution is -1.85. The van der Waals surface area contributed by atoms with Gasteiger partial charge in [-0.1, -0.05) is 60.4 Å². The summed E-state index contributed by atoms with van der Waals surface area (Å²) >= 11 is 4.76. The summed E-state index contributed by atoms with van der Waals surface area (Å²) in [5.41, 5.74) is 2.15. The van der Waals surface area contributed by atoms with Gasteiger partial charge >= 0.3 is 0 Å². The Morgan fingerprint density at radius 1 is 0.458 bits per heavy atom. The third-order valence-corrected chi connectivity index (χ3v) is 5.95. The molecule has 4 rings (SSSR count). The van der Waals surface area contributed by atoms with E-state index in [4.69, 9.17) is 0 Å². The molecule has 0 nitrogen and oxygen atoms in total. The fourth-order valence-corrected chi connectivity index (χ4v) is 4.18. The Balaban J connectivity index is 1.90. The van der Waals surface area contributed by atoms with Gasteiger partial charge in [-0.2, -0.15) is 0 Å². The first-order valence-corrected chi connectivity index (χ1v) is 9.76. The number of rotatable bonds is 0. The summed E-state index contributed by atoms with van der Waals surface area (Å²) in [4.78, 5) is 0. The molecule has 2 heteroatoms. The molecule has 0 unspecified atom stereocenters. The van der Waals surface area contributed by atoms with Crippen molar-refractivity contribution in [1.29, 1.82) is 0 Å². The highest BCUT2D eigenvalue weighted by Crippen LogP contribution is 2.25. The lowest BCUT2D eigenvalue weighted by atomic mass is 10.0. The SMILES string of the molecule is Ic1ccc(C#Cc2ccc(I)c3ccccc23)c2ccccc12. The largest absolute Gasteiger partial charge is 0.0616 e. The van der Waals surface area contributed by atoms with Gasteiger partial charge in [0.05, 0.1) is 0 Å². The third-order valence-electron chi connectivity index (χ3n) is 4.07. The Labute approximate surface area is 168 Å². The van der Waals surface area contributed by atoms with Crippen LogP contribution in [0.15, 0.2) is 72.8 Å². The van der Waals surface area contributed by atoms with Gasteiger partial charge in [-0.3, -0.25) is 0 Å². The van der Waals surface area contributed by atoms with Gasteiger partial charge in [-0.05, 0) is 91.0 Å². The van der Waals surface area contributed by atoms with E-state index in [1.54, 1.807) is 0 Å². The minimum absolute atomic E-state index is 1.08. The van der Waals surface area contributed by atoms with Gasteiger partial charge in [-0.15, -0.1) is 0 Å². The van der Waals surface area contributed by atoms with Crippen LogP contribution in [0.2, 0.25) is 0 Å². The van der Waals surface area contributed by atoms with E-state index in [0.29, 0.717) is 0 Å². The predicted octanol–water partition coefficient (Wildman–Crippen LogP) is 6.60. The van der Waals surface area contributed by atoms with E-state index in [1.807, 2.05) is 0 Å². The molecular weight excluding hydrogens is 518 g/mol. The van der Waals surface area contributed by atoms with E-state index in [1.165, 1.54) is 28.7 Å². The van der Waals surface area contributed by atoms with Gasteiger partial charge in [0.2, 0.25) is 0 Å². The third kappa shape index (κ3) is 2.91. The minimum Gasteiger partial charge on any atom is -0.0616 e. The Bertz CT molecular complexity index is 1040. The van der Waals surface area contributed by atoms with Crippen LogP contribution >= 0.6 is 45.2 Å². The molecule has 0 amide bonds. The molecule has 0 saturated heterocycles. The van der Waals surface area contributed by atoms with Crippen molar-refractivity contribution in [1.82, 2.24) is 0 Å². The number of halogens is 2. The summed E-state index contributed by atoms with van der Waals surface area (Å²) in [7, 11) is 0. The normalized spacial score (nSPS) is 10.6. The number of hydrogen-bond acceptors (Lipinski definition) is 0. The molecule has 0 aliphatic heterocycles. The van der Waals surface area contributed by atoms with Crippen LogP contribution in [0, 0.1) is 19.0 Å². The second-order valence-corrected chi connectivity index (χ2v) is 7.86. The highest BCUT2D eigenvalue weighted by molar-refractivity contribution is 14.1. The molecule has 0 radical (unpaired) electrons. The van der Waals surface area contributed by atoms with Crippen LogP contribution in [-0.2, 0) is 0 Å². The predicted molar refractivity (Wildman–Crippen MR) is 119 cm³/mol. The van der Waals surface area contributed by atoms with E-state index in [2.05, 4.69) is 130 Å². The summed E-state index contributed by atoms with van der Waals surface area (Å²) in [5.74, 6) is 6.77. The van der Waals surface area contributed by atoms with Gasteiger partial charge in [0.15, 0.2) is 0 Å². The second-order valence-electron chi connectivity index (χ2n) is 5.53. The zero-order chi connectivity index (χ0) is 16.5. The smallest absolute Gasteiger partial charge is 0.0328 e. The topological polar surface area (TPSA) is 0 Å². The van der Waals surface area contributed by atoms with Gasteiger partial charge in [0.25, 0.3) is 0 Å². The number of fused-ring (bicyclic) bond motifs is 2. The Morgan fingerprint density at radius 2 is 0.833 bits per heavy atom. The Hall–Kier alpha value is -1.58. The zero-order valence-electron chi connectivity index (χ0n) is 12.7. The molecular formula is C22H12I2. The van der Waals surface area contributed by atoms with E-state index in [-0.39, 0.29) is 0 Å². The molecule has 0 N–H and O–H groups in total. The summed E-state index contributed by atoms with van der Waals surface area (Å²) < 4.78 is 2.52. The lowest BCUT2D eigenvalue weighted by Gasteiger charge is -2.04. The van der Waals surface area contributed by atoms with E-state index in [9.17, 15) is 0 Å². The van der Waals surface area contributed by atoms with Crippen molar-refractivity contribution in [2.45, 2.75) is 0 Å². The highest BCUT2D eigenvalue weighted by atomic mass is 127. The maximum atomic E-state index is 3.39. The highest BCUT2D eigenvalue weighted by Gasteiger charge is 2.03. The van der Waals surface area contributed by atoms with Crippen molar-refractivity contribution >= 4 is 66.7 Å². The van der Waals surface area contributed by atoms with Gasteiger partial charge in [0, 0.05) is 18.3 Å². The van der Waals surface area contributed by atoms with E-state index in [0.717, 1.165) is 11.1 Å². The van der Waals surface area contributed by atoms with Gasteiger partial charge in [0.1, 0.15) is 0 Å². The Morgan fingerprint density at radius 3 is 1.25 bits per heavy atom. The van der Waals surface area contributed by atoms with Gasteiger partial charge < -0.3 is 0 Å². The summed E-state index contributed by atoms with van der Waals surface area (Å²) in [6, 6.07) is 25.4. The molecule has 0 fully saturated rings. The lowest BCUT2D eigenvalue weighted by molar-refractivity contribution is 1.65. The molecule has 0 saturated carbocycles. The van der Waals surface area contributed by atoms with Crippen LogP contribution in [-0.4, -0.2) is 0 Å². The molecule has 0 atom stereocenters. The van der Waals surface area contributed by atoms with Crippen LogP contribution < -0.4 is 0 Å². The van der Waals surface area contributed by atoms with E-state index >= 15 is 0 Å². The van der Waals surface area contributed by atoms with Crippen LogP contribution in [0.1, 0.15) is 11.1 Å². The second kappa shape index (κ2) is 6.73. The maximum Gasteiger partial charge on any atom is 0.0328 e. The standard InChI is InChI=1S/C22H12I2/c23-21-13-11-15(17-5-1-3-7-19(17)21)9-10-16-12-14-22(24)20-8-4-2-6-18(16)20/h1-8,11-14H. The molecule has 24 heavy (non-hydrogen) atoms. The fraction of sp³-hybridized carbons (Fsp3) is 0. The number of hydrogen-bond donors (Lipinski definition) is 0. The Kier molecular flexibility index (Phi) is 4.47. The molecule has 0 aliphatic rings. The first-order valence-electron chi connectivity index (χ1n) is 7.60. The molecule has 114 valence electrons. The maximum absolute atomic E-state index is 3.39. The van der Waals surface area contributed by atoms with Crippen molar-refractivity contribution < 1.29 is 0 Å². The van der Waals surface area contributed by atoms with Crippen LogP contribution in [0.3, 0.4) is 0 Å². The van der Waals surface area contributed by atoms with Gasteiger partial charge in [-0.25, -0.2) is 0 Å². The summed E-state index contributed by atoms with van der Waals surface area (Å²) in [6.45, 7) is 0. The van der Waals surface area contributed by atoms with Crippen molar-refractivity contribution in [3.8, 4) is 11.8 Å². The van der Waals surface area contributed by atoms with Crippen molar-refractivity contribution in [3.05, 3.63) is 91.1 Å². The molecule has 0 spiro atoms. The average Bonchev–Trinajstić information content (AvgIpc) is 2.63. The zero-order valence-corrected chi connectivity index (χ0v) is 17.0. The summed E-state index contributed by atoms with van der Waals surface area (Å²) in [5, 5.41) is 4.95. The molecule has 0 bridgehead atoms. The molecule has 0 aliphatic carbocycles. The van der Waals surface area contributed by atoms with Crippen LogP contribution in [0.5, 0.6) is 0 Å². The van der Waals surface area contributed by atoms with Crippen LogP contribution in [0.4, 0.5) is 0 Å². The minimum atomic E-state index is 1.08. The first kappa shape index (κ1) is 15.9. The van der Waals surface area contributed by atoms with Crippen molar-refractivity contribution in [2.75, 3.05) is 0 Å². The fourth-order valence-electron chi connectivity index (χ4n) is 2.88. The van der Waals surface area contributed by atoms with E-state index < -0.39 is 0 Å².